The third kappa shape index (κ3) is 2.62. The molecule has 0 spiro atoms. The normalized spacial score (nSPS) is 22.1. The maximum Gasteiger partial charge on any atom is 0.246 e. The first-order valence-corrected chi connectivity index (χ1v) is 9.48. The van der Waals surface area contributed by atoms with Gasteiger partial charge in [0.2, 0.25) is 11.8 Å². The molecule has 2 saturated heterocycles. The largest absolute Gasteiger partial charge is 0.354 e. The first-order chi connectivity index (χ1) is 13.2. The van der Waals surface area contributed by atoms with Gasteiger partial charge in [0, 0.05) is 29.6 Å². The third-order valence-electron chi connectivity index (χ3n) is 5.74. The van der Waals surface area contributed by atoms with E-state index in [-0.39, 0.29) is 17.9 Å². The number of para-hydroxylation sites is 1. The van der Waals surface area contributed by atoms with Crippen LogP contribution in [0.25, 0.3) is 22.2 Å². The first-order valence-electron chi connectivity index (χ1n) is 9.48. The van der Waals surface area contributed by atoms with Gasteiger partial charge in [-0.1, -0.05) is 48.5 Å². The second-order valence-corrected chi connectivity index (χ2v) is 7.35. The molecule has 0 radical (unpaired) electrons. The van der Waals surface area contributed by atoms with Crippen molar-refractivity contribution in [2.24, 2.45) is 0 Å². The van der Waals surface area contributed by atoms with Gasteiger partial charge in [-0.15, -0.1) is 0 Å². The van der Waals surface area contributed by atoms with Crippen molar-refractivity contribution >= 4 is 22.7 Å². The average molecular weight is 359 g/mol. The summed E-state index contributed by atoms with van der Waals surface area (Å²) >= 11 is 0. The number of nitrogens with one attached hydrogen (secondary N) is 2. The molecule has 2 N–H and O–H groups in total. The number of piperazine rings is 1. The highest BCUT2D eigenvalue weighted by Crippen LogP contribution is 2.32. The SMILES string of the molecule is O=C1N[C@@H](Cc2c(-c3ccccc3)[nH]c3ccccc23)C(=O)N2CCC[C@@H]12. The summed E-state index contributed by atoms with van der Waals surface area (Å²) in [6, 6.07) is 17.5. The minimum absolute atomic E-state index is 0.0156. The molecule has 2 aliphatic heterocycles. The van der Waals surface area contributed by atoms with E-state index in [2.05, 4.69) is 28.5 Å². The minimum Gasteiger partial charge on any atom is -0.354 e. The van der Waals surface area contributed by atoms with Crippen LogP contribution in [0.1, 0.15) is 18.4 Å². The smallest absolute Gasteiger partial charge is 0.246 e. The molecule has 2 aliphatic rings. The zero-order valence-electron chi connectivity index (χ0n) is 14.9. The molecule has 1 aromatic heterocycles. The van der Waals surface area contributed by atoms with Crippen molar-refractivity contribution in [1.82, 2.24) is 15.2 Å². The number of hydrogen-bond donors (Lipinski definition) is 2. The molecular formula is C22H21N3O2. The molecule has 2 fully saturated rings. The summed E-state index contributed by atoms with van der Waals surface area (Å²) in [7, 11) is 0. The van der Waals surface area contributed by atoms with E-state index in [1.54, 1.807) is 4.90 Å². The lowest BCUT2D eigenvalue weighted by Crippen LogP contribution is -2.61. The third-order valence-corrected chi connectivity index (χ3v) is 5.74. The molecule has 0 saturated carbocycles. The van der Waals surface area contributed by atoms with Gasteiger partial charge in [-0.3, -0.25) is 9.59 Å². The van der Waals surface area contributed by atoms with Crippen molar-refractivity contribution in [1.29, 1.82) is 0 Å². The molecule has 2 aromatic carbocycles. The van der Waals surface area contributed by atoms with Gasteiger partial charge in [0.15, 0.2) is 0 Å². The van der Waals surface area contributed by atoms with Gasteiger partial charge in [0.05, 0.1) is 0 Å². The number of H-pyrrole nitrogens is 1. The molecule has 27 heavy (non-hydrogen) atoms. The number of amides is 2. The summed E-state index contributed by atoms with van der Waals surface area (Å²) in [5.41, 5.74) is 4.22. The summed E-state index contributed by atoms with van der Waals surface area (Å²) in [5.74, 6) is 0.0274. The monoisotopic (exact) mass is 359 g/mol. The van der Waals surface area contributed by atoms with E-state index in [9.17, 15) is 9.59 Å². The second kappa shape index (κ2) is 6.27. The van der Waals surface area contributed by atoms with Crippen LogP contribution in [0.15, 0.2) is 54.6 Å². The fourth-order valence-corrected chi connectivity index (χ4v) is 4.44. The van der Waals surface area contributed by atoms with Gasteiger partial charge < -0.3 is 15.2 Å². The highest BCUT2D eigenvalue weighted by Gasteiger charge is 2.43. The average Bonchev–Trinajstić information content (AvgIpc) is 3.33. The molecule has 5 rings (SSSR count). The fraction of sp³-hybridized carbons (Fsp3) is 0.273. The molecule has 3 aromatic rings. The Kier molecular flexibility index (Phi) is 3.74. The van der Waals surface area contributed by atoms with E-state index in [1.165, 1.54) is 0 Å². The van der Waals surface area contributed by atoms with Crippen LogP contribution >= 0.6 is 0 Å². The number of carbonyl (C=O) groups excluding carboxylic acids is 2. The first kappa shape index (κ1) is 16.1. The summed E-state index contributed by atoms with van der Waals surface area (Å²) < 4.78 is 0. The van der Waals surface area contributed by atoms with Gasteiger partial charge in [0.1, 0.15) is 12.1 Å². The van der Waals surface area contributed by atoms with Gasteiger partial charge in [-0.05, 0) is 30.0 Å². The Morgan fingerprint density at radius 2 is 1.78 bits per heavy atom. The molecule has 2 amide bonds. The van der Waals surface area contributed by atoms with Crippen molar-refractivity contribution in [3.8, 4) is 11.3 Å². The van der Waals surface area contributed by atoms with Gasteiger partial charge in [0.25, 0.3) is 0 Å². The van der Waals surface area contributed by atoms with Crippen LogP contribution in [-0.2, 0) is 16.0 Å². The molecule has 5 nitrogen and oxygen atoms in total. The highest BCUT2D eigenvalue weighted by molar-refractivity contribution is 5.98. The predicted molar refractivity (Wildman–Crippen MR) is 104 cm³/mol. The van der Waals surface area contributed by atoms with Crippen LogP contribution in [0.2, 0.25) is 0 Å². The lowest BCUT2D eigenvalue weighted by Gasteiger charge is -2.34. The Labute approximate surface area is 157 Å². The number of rotatable bonds is 3. The number of carbonyl (C=O) groups is 2. The molecule has 0 aliphatic carbocycles. The highest BCUT2D eigenvalue weighted by atomic mass is 16.2. The fourth-order valence-electron chi connectivity index (χ4n) is 4.44. The van der Waals surface area contributed by atoms with Crippen LogP contribution in [0, 0.1) is 0 Å². The Bertz CT molecular complexity index is 1020. The van der Waals surface area contributed by atoms with Gasteiger partial charge >= 0.3 is 0 Å². The molecule has 0 bridgehead atoms. The van der Waals surface area contributed by atoms with E-state index < -0.39 is 6.04 Å². The zero-order chi connectivity index (χ0) is 18.4. The quantitative estimate of drug-likeness (QED) is 0.755. The lowest BCUT2D eigenvalue weighted by atomic mass is 9.96. The number of benzene rings is 2. The summed E-state index contributed by atoms with van der Waals surface area (Å²) in [6.07, 6.45) is 2.16. The van der Waals surface area contributed by atoms with Crippen LogP contribution in [0.4, 0.5) is 0 Å². The molecule has 136 valence electrons. The van der Waals surface area contributed by atoms with Crippen molar-refractivity contribution in [3.63, 3.8) is 0 Å². The Morgan fingerprint density at radius 3 is 2.63 bits per heavy atom. The van der Waals surface area contributed by atoms with Crippen LogP contribution in [0.3, 0.4) is 0 Å². The van der Waals surface area contributed by atoms with Crippen molar-refractivity contribution in [2.75, 3.05) is 6.54 Å². The molecule has 5 heteroatoms. The molecular weight excluding hydrogens is 338 g/mol. The lowest BCUT2D eigenvalue weighted by molar-refractivity contribution is -0.146. The van der Waals surface area contributed by atoms with E-state index in [1.807, 2.05) is 36.4 Å². The van der Waals surface area contributed by atoms with Gasteiger partial charge in [-0.2, -0.15) is 0 Å². The summed E-state index contributed by atoms with van der Waals surface area (Å²) in [4.78, 5) is 30.7. The van der Waals surface area contributed by atoms with E-state index in [0.717, 1.165) is 40.6 Å². The van der Waals surface area contributed by atoms with Crippen molar-refractivity contribution in [2.45, 2.75) is 31.3 Å². The maximum absolute atomic E-state index is 13.0. The van der Waals surface area contributed by atoms with E-state index >= 15 is 0 Å². The predicted octanol–water partition coefficient (Wildman–Crippen LogP) is 2.87. The van der Waals surface area contributed by atoms with Gasteiger partial charge in [-0.25, -0.2) is 0 Å². The number of aromatic amines is 1. The number of hydrogen-bond acceptors (Lipinski definition) is 2. The summed E-state index contributed by atoms with van der Waals surface area (Å²) in [6.45, 7) is 0.687. The Hall–Kier alpha value is -3.08. The number of nitrogens with zero attached hydrogens (tertiary/aromatic N) is 1. The van der Waals surface area contributed by atoms with Crippen LogP contribution < -0.4 is 5.32 Å². The Morgan fingerprint density at radius 1 is 1.00 bits per heavy atom. The maximum atomic E-state index is 13.0. The molecule has 3 heterocycles. The number of fused-ring (bicyclic) bond motifs is 2. The topological polar surface area (TPSA) is 65.2 Å². The summed E-state index contributed by atoms with van der Waals surface area (Å²) in [5, 5.41) is 4.07. The van der Waals surface area contributed by atoms with Crippen molar-refractivity contribution in [3.05, 3.63) is 60.2 Å². The standard InChI is InChI=1S/C22H21N3O2/c26-21-19-11-6-12-25(19)22(27)18(24-21)13-16-15-9-4-5-10-17(15)23-20(16)14-7-2-1-3-8-14/h1-5,7-10,18-19,23H,6,11-13H2,(H,24,26)/t18-,19-/m0/s1. The number of aromatic nitrogens is 1. The minimum atomic E-state index is -0.506. The molecule has 0 unspecified atom stereocenters. The van der Waals surface area contributed by atoms with Crippen LogP contribution in [-0.4, -0.2) is 40.3 Å². The Balaban J connectivity index is 1.57. The second-order valence-electron chi connectivity index (χ2n) is 7.35. The van der Waals surface area contributed by atoms with E-state index in [0.29, 0.717) is 13.0 Å². The van der Waals surface area contributed by atoms with Crippen molar-refractivity contribution < 1.29 is 9.59 Å². The molecule has 2 atom stereocenters. The van der Waals surface area contributed by atoms with E-state index in [4.69, 9.17) is 0 Å². The van der Waals surface area contributed by atoms with Crippen LogP contribution in [0.5, 0.6) is 0 Å². The zero-order valence-corrected chi connectivity index (χ0v) is 14.9.